The lowest BCUT2D eigenvalue weighted by Crippen LogP contribution is -2.48. The number of alkyl halides is 6. The second-order valence-electron chi connectivity index (χ2n) is 9.04. The van der Waals surface area contributed by atoms with Gasteiger partial charge in [0, 0.05) is 51.3 Å². The molecule has 1 aromatic carbocycles. The number of benzene rings is 1. The molecule has 0 amide bonds. The van der Waals surface area contributed by atoms with E-state index < -0.39 is 40.7 Å². The first-order chi connectivity index (χ1) is 18.4. The number of aliphatic hydroxyl groups is 1. The number of nitrogens with zero attached hydrogens (tertiary/aromatic N) is 6. The van der Waals surface area contributed by atoms with Gasteiger partial charge in [0.1, 0.15) is 6.23 Å². The fraction of sp³-hybridized carbons (Fsp3) is 0.333. The summed E-state index contributed by atoms with van der Waals surface area (Å²) >= 11 is 0. The first kappa shape index (κ1) is 26.6. The normalized spacial score (nSPS) is 16.1. The molecule has 39 heavy (non-hydrogen) atoms. The van der Waals surface area contributed by atoms with Crippen molar-refractivity contribution in [2.24, 2.45) is 0 Å². The Kier molecular flexibility index (Phi) is 6.80. The number of fused-ring (bicyclic) bond motifs is 1. The number of hydrogen-bond donors (Lipinski definition) is 2. The van der Waals surface area contributed by atoms with Crippen LogP contribution in [0, 0.1) is 0 Å². The summed E-state index contributed by atoms with van der Waals surface area (Å²) in [7, 11) is 0. The van der Waals surface area contributed by atoms with Crippen LogP contribution in [0.15, 0.2) is 53.8 Å². The van der Waals surface area contributed by atoms with Crippen LogP contribution in [0.4, 0.5) is 32.3 Å². The smallest absolute Gasteiger partial charge is 0.374 e. The van der Waals surface area contributed by atoms with Crippen LogP contribution in [0.2, 0.25) is 0 Å². The summed E-state index contributed by atoms with van der Waals surface area (Å²) in [5.74, 6) is 0.157. The number of aromatic nitrogens is 5. The van der Waals surface area contributed by atoms with Gasteiger partial charge in [-0.05, 0) is 11.1 Å². The van der Waals surface area contributed by atoms with Gasteiger partial charge in [-0.2, -0.15) is 31.4 Å². The monoisotopic (exact) mass is 553 g/mol. The fourth-order valence-electron chi connectivity index (χ4n) is 4.56. The molecule has 3 aromatic heterocycles. The third-order valence-electron chi connectivity index (χ3n) is 6.52. The third kappa shape index (κ3) is 5.45. The zero-order valence-corrected chi connectivity index (χ0v) is 20.0. The Morgan fingerprint density at radius 1 is 0.974 bits per heavy atom. The molecule has 1 saturated heterocycles. The average molecular weight is 553 g/mol. The van der Waals surface area contributed by atoms with Crippen molar-refractivity contribution < 1.29 is 31.4 Å². The largest absolute Gasteiger partial charge is 0.419 e. The highest BCUT2D eigenvalue weighted by molar-refractivity contribution is 5.82. The van der Waals surface area contributed by atoms with Gasteiger partial charge in [-0.25, -0.2) is 15.1 Å². The molecule has 9 nitrogen and oxygen atoms in total. The Hall–Kier alpha value is -3.98. The van der Waals surface area contributed by atoms with E-state index in [4.69, 9.17) is 0 Å². The summed E-state index contributed by atoms with van der Waals surface area (Å²) < 4.78 is 80.2. The van der Waals surface area contributed by atoms with Crippen LogP contribution in [0.3, 0.4) is 0 Å². The number of halogens is 6. The average Bonchev–Trinajstić information content (AvgIpc) is 3.28. The first-order valence-electron chi connectivity index (χ1n) is 11.7. The molecular weight excluding hydrogens is 532 g/mol. The van der Waals surface area contributed by atoms with Crippen molar-refractivity contribution >= 4 is 16.9 Å². The Morgan fingerprint density at radius 2 is 1.67 bits per heavy atom. The van der Waals surface area contributed by atoms with E-state index in [2.05, 4.69) is 15.1 Å². The number of nitrogens with one attached hydrogen (secondary N) is 1. The van der Waals surface area contributed by atoms with Crippen molar-refractivity contribution in [1.82, 2.24) is 29.6 Å². The maximum atomic E-state index is 13.5. The van der Waals surface area contributed by atoms with Crippen molar-refractivity contribution in [1.29, 1.82) is 0 Å². The number of piperazine rings is 1. The van der Waals surface area contributed by atoms with E-state index >= 15 is 0 Å². The molecule has 0 spiro atoms. The molecule has 4 heterocycles. The zero-order valence-electron chi connectivity index (χ0n) is 20.0. The molecule has 4 aromatic rings. The number of rotatable bonds is 5. The summed E-state index contributed by atoms with van der Waals surface area (Å²) in [6, 6.07) is 6.70. The van der Waals surface area contributed by atoms with E-state index in [1.54, 1.807) is 34.1 Å². The minimum absolute atomic E-state index is 0.00267. The lowest BCUT2D eigenvalue weighted by molar-refractivity contribution is -0.138. The molecule has 1 aliphatic heterocycles. The van der Waals surface area contributed by atoms with Crippen LogP contribution in [0.1, 0.15) is 28.5 Å². The van der Waals surface area contributed by atoms with Crippen LogP contribution in [0.25, 0.3) is 10.9 Å². The van der Waals surface area contributed by atoms with E-state index in [-0.39, 0.29) is 18.0 Å². The second-order valence-corrected chi connectivity index (χ2v) is 9.04. The molecule has 0 bridgehead atoms. The fourth-order valence-corrected chi connectivity index (χ4v) is 4.56. The highest BCUT2D eigenvalue weighted by Crippen LogP contribution is 2.35. The summed E-state index contributed by atoms with van der Waals surface area (Å²) in [6.07, 6.45) is -6.81. The Morgan fingerprint density at radius 3 is 2.31 bits per heavy atom. The quantitative estimate of drug-likeness (QED) is 0.365. The van der Waals surface area contributed by atoms with Crippen LogP contribution in [-0.4, -0.2) is 60.9 Å². The predicted molar refractivity (Wildman–Crippen MR) is 127 cm³/mol. The Bertz CT molecular complexity index is 1520. The van der Waals surface area contributed by atoms with Crippen molar-refractivity contribution in [3.05, 3.63) is 81.7 Å². The minimum Gasteiger partial charge on any atom is -0.374 e. The maximum absolute atomic E-state index is 13.5. The number of H-pyrrole nitrogens is 1. The standard InChI is InChI=1S/C24H21F6N7O2/c25-23(26,27)16-9-31-22(32-10-16)36-6-4-35(5-7-36)21(39)15-3-1-2-14(8-15)12-37-13-17(24(28,29)30)19-18(37)11-33-34-20(19)38/h1-3,8-11,13,21,39H,4-7,12H2,(H,34,38). The molecule has 5 rings (SSSR count). The summed E-state index contributed by atoms with van der Waals surface area (Å²) in [5.41, 5.74) is -1.82. The van der Waals surface area contributed by atoms with Crippen LogP contribution in [0.5, 0.6) is 0 Å². The number of aromatic amines is 1. The van der Waals surface area contributed by atoms with E-state index in [9.17, 15) is 36.2 Å². The molecule has 15 heteroatoms. The molecule has 1 unspecified atom stereocenters. The Labute approximate surface area is 216 Å². The van der Waals surface area contributed by atoms with Gasteiger partial charge in [-0.15, -0.1) is 0 Å². The van der Waals surface area contributed by atoms with Crippen molar-refractivity contribution in [3.63, 3.8) is 0 Å². The van der Waals surface area contributed by atoms with Crippen LogP contribution in [-0.2, 0) is 18.9 Å². The SMILES string of the molecule is O=c1[nH]ncc2c1c(C(F)(F)F)cn2Cc1cccc(C(O)N2CCN(c3ncc(C(F)(F)F)cn3)CC2)c1. The summed E-state index contributed by atoms with van der Waals surface area (Å²) in [4.78, 5) is 23.2. The minimum atomic E-state index is -4.73. The molecule has 2 N–H and O–H groups in total. The lowest BCUT2D eigenvalue weighted by Gasteiger charge is -2.37. The number of hydrogen-bond acceptors (Lipinski definition) is 7. The Balaban J connectivity index is 1.29. The van der Waals surface area contributed by atoms with Gasteiger partial charge in [0.15, 0.2) is 0 Å². The van der Waals surface area contributed by atoms with E-state index in [0.29, 0.717) is 37.3 Å². The highest BCUT2D eigenvalue weighted by atomic mass is 19.4. The van der Waals surface area contributed by atoms with Gasteiger partial charge in [0.05, 0.1) is 28.2 Å². The molecule has 0 saturated carbocycles. The van der Waals surface area contributed by atoms with Crippen LogP contribution >= 0.6 is 0 Å². The third-order valence-corrected chi connectivity index (χ3v) is 6.52. The van der Waals surface area contributed by atoms with Crippen LogP contribution < -0.4 is 10.5 Å². The van der Waals surface area contributed by atoms with Gasteiger partial charge in [-0.3, -0.25) is 9.69 Å². The van der Waals surface area contributed by atoms with Crippen molar-refractivity contribution in [2.75, 3.05) is 31.1 Å². The maximum Gasteiger partial charge on any atom is 0.419 e. The van der Waals surface area contributed by atoms with E-state index in [1.165, 1.54) is 4.57 Å². The first-order valence-corrected chi connectivity index (χ1v) is 11.7. The predicted octanol–water partition coefficient (Wildman–Crippen LogP) is 3.41. The zero-order chi connectivity index (χ0) is 27.9. The van der Waals surface area contributed by atoms with E-state index in [1.807, 2.05) is 5.10 Å². The molecule has 1 fully saturated rings. The van der Waals surface area contributed by atoms with Crippen molar-refractivity contribution in [3.8, 4) is 0 Å². The van der Waals surface area contributed by atoms with Gasteiger partial charge in [-0.1, -0.05) is 24.3 Å². The molecule has 0 aliphatic carbocycles. The highest BCUT2D eigenvalue weighted by Gasteiger charge is 2.36. The molecule has 206 valence electrons. The van der Waals surface area contributed by atoms with Gasteiger partial charge >= 0.3 is 12.4 Å². The van der Waals surface area contributed by atoms with Gasteiger partial charge in [0.25, 0.3) is 5.56 Å². The number of aliphatic hydroxyl groups excluding tert-OH is 1. The molecule has 1 atom stereocenters. The molecule has 0 radical (unpaired) electrons. The molecular formula is C24H21F6N7O2. The topological polar surface area (TPSA) is 103 Å². The second kappa shape index (κ2) is 9.96. The summed E-state index contributed by atoms with van der Waals surface area (Å²) in [5, 5.41) is 16.1. The van der Waals surface area contributed by atoms with Gasteiger partial charge in [0.2, 0.25) is 5.95 Å². The summed E-state index contributed by atoms with van der Waals surface area (Å²) in [6.45, 7) is 1.44. The van der Waals surface area contributed by atoms with Crippen molar-refractivity contribution in [2.45, 2.75) is 25.1 Å². The lowest BCUT2D eigenvalue weighted by atomic mass is 10.1. The van der Waals surface area contributed by atoms with Gasteiger partial charge < -0.3 is 14.6 Å². The number of anilines is 1. The molecule has 1 aliphatic rings. The van der Waals surface area contributed by atoms with E-state index in [0.717, 1.165) is 24.8 Å².